The summed E-state index contributed by atoms with van der Waals surface area (Å²) in [5.74, 6) is -0.480. The highest BCUT2D eigenvalue weighted by Gasteiger charge is 2.23. The minimum Gasteiger partial charge on any atom is -0.350 e. The molecule has 2 N–H and O–H groups in total. The van der Waals surface area contributed by atoms with E-state index in [1.54, 1.807) is 24.3 Å². The summed E-state index contributed by atoms with van der Waals surface area (Å²) in [6, 6.07) is 17.1. The Morgan fingerprint density at radius 1 is 1.12 bits per heavy atom. The highest BCUT2D eigenvalue weighted by Crippen LogP contribution is 2.13. The van der Waals surface area contributed by atoms with Crippen molar-refractivity contribution < 1.29 is 9.59 Å². The molecule has 5 nitrogen and oxygen atoms in total. The maximum absolute atomic E-state index is 12.1. The van der Waals surface area contributed by atoms with Crippen LogP contribution in [0.2, 0.25) is 5.02 Å². The zero-order valence-electron chi connectivity index (χ0n) is 14.5. The molecule has 0 aliphatic carbocycles. The molecule has 2 amide bonds. The fourth-order valence-electron chi connectivity index (χ4n) is 3.11. The topological polar surface area (TPSA) is 61.4 Å². The van der Waals surface area contributed by atoms with Gasteiger partial charge in [-0.25, -0.2) is 0 Å². The lowest BCUT2D eigenvalue weighted by Gasteiger charge is -2.17. The normalized spacial score (nSPS) is 17.0. The van der Waals surface area contributed by atoms with Crippen LogP contribution in [0.25, 0.3) is 0 Å². The molecule has 1 fully saturated rings. The molecule has 6 heteroatoms. The minimum absolute atomic E-state index is 0.0411. The number of nitrogens with zero attached hydrogens (tertiary/aromatic N) is 1. The Labute approximate surface area is 158 Å². The Bertz CT molecular complexity index is 767. The number of amides is 2. The Balaban J connectivity index is 1.40. The van der Waals surface area contributed by atoms with Crippen LogP contribution in [0.4, 0.5) is 0 Å². The van der Waals surface area contributed by atoms with Crippen molar-refractivity contribution in [2.24, 2.45) is 0 Å². The number of carbonyl (C=O) groups is 2. The molecule has 1 aliphatic heterocycles. The first-order chi connectivity index (χ1) is 12.6. The molecule has 0 spiro atoms. The van der Waals surface area contributed by atoms with Crippen LogP contribution < -0.4 is 10.6 Å². The van der Waals surface area contributed by atoms with Gasteiger partial charge in [-0.3, -0.25) is 14.5 Å². The summed E-state index contributed by atoms with van der Waals surface area (Å²) in [5, 5.41) is 6.11. The van der Waals surface area contributed by atoms with Crippen molar-refractivity contribution in [3.63, 3.8) is 0 Å². The van der Waals surface area contributed by atoms with E-state index in [0.29, 0.717) is 10.6 Å². The van der Waals surface area contributed by atoms with Crippen LogP contribution in [0, 0.1) is 0 Å². The van der Waals surface area contributed by atoms with Crippen molar-refractivity contribution in [2.45, 2.75) is 19.0 Å². The lowest BCUT2D eigenvalue weighted by atomic mass is 10.2. The van der Waals surface area contributed by atoms with E-state index >= 15 is 0 Å². The summed E-state index contributed by atoms with van der Waals surface area (Å²) < 4.78 is 0. The average molecular weight is 372 g/mol. The summed E-state index contributed by atoms with van der Waals surface area (Å²) in [6.07, 6.45) is 0.917. The van der Waals surface area contributed by atoms with Gasteiger partial charge in [0, 0.05) is 36.3 Å². The second-order valence-corrected chi connectivity index (χ2v) is 6.90. The second-order valence-electron chi connectivity index (χ2n) is 6.47. The van der Waals surface area contributed by atoms with Gasteiger partial charge in [0.25, 0.3) is 5.91 Å². The van der Waals surface area contributed by atoms with Gasteiger partial charge in [0.05, 0.1) is 6.54 Å². The first-order valence-electron chi connectivity index (χ1n) is 8.69. The van der Waals surface area contributed by atoms with E-state index in [1.807, 2.05) is 18.2 Å². The van der Waals surface area contributed by atoms with Crippen LogP contribution in [0.1, 0.15) is 22.3 Å². The molecular formula is C20H22ClN3O2. The van der Waals surface area contributed by atoms with E-state index in [4.69, 9.17) is 11.6 Å². The molecule has 136 valence electrons. The number of benzene rings is 2. The van der Waals surface area contributed by atoms with Gasteiger partial charge in [-0.15, -0.1) is 0 Å². The smallest absolute Gasteiger partial charge is 0.251 e. The van der Waals surface area contributed by atoms with E-state index in [1.165, 1.54) is 5.56 Å². The Morgan fingerprint density at radius 3 is 2.69 bits per heavy atom. The van der Waals surface area contributed by atoms with E-state index < -0.39 is 0 Å². The standard InChI is InChI=1S/C20H22ClN3O2/c21-17-8-4-7-16(11-17)20(26)22-12-19(25)23-18-9-10-24(14-18)13-15-5-2-1-3-6-15/h1-8,11,18H,9-10,12-14H2,(H,22,26)(H,23,25). The quantitative estimate of drug-likeness (QED) is 0.820. The zero-order valence-corrected chi connectivity index (χ0v) is 15.2. The van der Waals surface area contributed by atoms with E-state index in [-0.39, 0.29) is 24.4 Å². The Hall–Kier alpha value is -2.37. The number of likely N-dealkylation sites (tertiary alicyclic amines) is 1. The molecule has 3 rings (SSSR count). The first-order valence-corrected chi connectivity index (χ1v) is 9.07. The molecule has 0 bridgehead atoms. The van der Waals surface area contributed by atoms with Gasteiger partial charge in [0.2, 0.25) is 5.91 Å². The molecule has 0 aromatic heterocycles. The molecule has 1 saturated heterocycles. The largest absolute Gasteiger partial charge is 0.350 e. The number of hydrogen-bond acceptors (Lipinski definition) is 3. The van der Waals surface area contributed by atoms with Crippen LogP contribution in [-0.4, -0.2) is 42.4 Å². The number of halogens is 1. The van der Waals surface area contributed by atoms with Gasteiger partial charge in [0.15, 0.2) is 0 Å². The monoisotopic (exact) mass is 371 g/mol. The second kappa shape index (κ2) is 8.83. The highest BCUT2D eigenvalue weighted by molar-refractivity contribution is 6.30. The molecular weight excluding hydrogens is 350 g/mol. The van der Waals surface area contributed by atoms with Gasteiger partial charge < -0.3 is 10.6 Å². The van der Waals surface area contributed by atoms with E-state index in [9.17, 15) is 9.59 Å². The first kappa shape index (κ1) is 18.4. The molecule has 1 unspecified atom stereocenters. The lowest BCUT2D eigenvalue weighted by molar-refractivity contribution is -0.120. The maximum atomic E-state index is 12.1. The van der Waals surface area contributed by atoms with Crippen molar-refractivity contribution in [3.05, 3.63) is 70.7 Å². The molecule has 2 aromatic carbocycles. The lowest BCUT2D eigenvalue weighted by Crippen LogP contribution is -2.43. The zero-order chi connectivity index (χ0) is 18.4. The summed E-state index contributed by atoms with van der Waals surface area (Å²) in [5.41, 5.74) is 1.72. The van der Waals surface area contributed by atoms with Crippen LogP contribution in [0.15, 0.2) is 54.6 Å². The van der Waals surface area contributed by atoms with Crippen molar-refractivity contribution in [3.8, 4) is 0 Å². The highest BCUT2D eigenvalue weighted by atomic mass is 35.5. The van der Waals surface area contributed by atoms with Gasteiger partial charge in [-0.2, -0.15) is 0 Å². The van der Waals surface area contributed by atoms with Gasteiger partial charge in [0.1, 0.15) is 0 Å². The molecule has 1 aliphatic rings. The molecule has 26 heavy (non-hydrogen) atoms. The van der Waals surface area contributed by atoms with Crippen molar-refractivity contribution in [2.75, 3.05) is 19.6 Å². The fourth-order valence-corrected chi connectivity index (χ4v) is 3.30. The van der Waals surface area contributed by atoms with Gasteiger partial charge >= 0.3 is 0 Å². The predicted octanol–water partition coefficient (Wildman–Crippen LogP) is 2.46. The summed E-state index contributed by atoms with van der Waals surface area (Å²) in [7, 11) is 0. The van der Waals surface area contributed by atoms with E-state index in [2.05, 4.69) is 27.7 Å². The minimum atomic E-state index is -0.306. The van der Waals surface area contributed by atoms with Crippen LogP contribution in [0.3, 0.4) is 0 Å². The molecule has 1 heterocycles. The number of hydrogen-bond donors (Lipinski definition) is 2. The predicted molar refractivity (Wildman–Crippen MR) is 102 cm³/mol. The third kappa shape index (κ3) is 5.31. The Kier molecular flexibility index (Phi) is 6.26. The van der Waals surface area contributed by atoms with Crippen molar-refractivity contribution in [1.29, 1.82) is 0 Å². The fraction of sp³-hybridized carbons (Fsp3) is 0.300. The Morgan fingerprint density at radius 2 is 1.92 bits per heavy atom. The molecule has 2 aromatic rings. The number of carbonyl (C=O) groups excluding carboxylic acids is 2. The number of nitrogens with one attached hydrogen (secondary N) is 2. The SMILES string of the molecule is O=C(CNC(=O)c1cccc(Cl)c1)NC1CCN(Cc2ccccc2)C1. The summed E-state index contributed by atoms with van der Waals surface area (Å²) >= 11 is 5.87. The van der Waals surface area contributed by atoms with Crippen LogP contribution in [-0.2, 0) is 11.3 Å². The number of rotatable bonds is 6. The molecule has 0 radical (unpaired) electrons. The van der Waals surface area contributed by atoms with Gasteiger partial charge in [-0.05, 0) is 30.2 Å². The average Bonchev–Trinajstić information content (AvgIpc) is 3.07. The van der Waals surface area contributed by atoms with E-state index in [0.717, 1.165) is 26.1 Å². The van der Waals surface area contributed by atoms with Gasteiger partial charge in [-0.1, -0.05) is 48.0 Å². The molecule has 0 saturated carbocycles. The van der Waals surface area contributed by atoms with Crippen molar-refractivity contribution >= 4 is 23.4 Å². The summed E-state index contributed by atoms with van der Waals surface area (Å²) in [6.45, 7) is 2.62. The third-order valence-corrected chi connectivity index (χ3v) is 4.62. The van der Waals surface area contributed by atoms with Crippen LogP contribution >= 0.6 is 11.6 Å². The van der Waals surface area contributed by atoms with Crippen molar-refractivity contribution in [1.82, 2.24) is 15.5 Å². The molecule has 1 atom stereocenters. The summed E-state index contributed by atoms with van der Waals surface area (Å²) in [4.78, 5) is 26.5. The maximum Gasteiger partial charge on any atom is 0.251 e. The van der Waals surface area contributed by atoms with Crippen LogP contribution in [0.5, 0.6) is 0 Å². The third-order valence-electron chi connectivity index (χ3n) is 4.38.